The molecule has 0 aliphatic rings. The third kappa shape index (κ3) is 4.92. The van der Waals surface area contributed by atoms with Crippen LogP contribution < -0.4 is 4.74 Å². The van der Waals surface area contributed by atoms with Crippen LogP contribution in [0.4, 0.5) is 0 Å². The van der Waals surface area contributed by atoms with E-state index in [2.05, 4.69) is 27.0 Å². The van der Waals surface area contributed by atoms with E-state index in [1.54, 1.807) is 17.1 Å². The molecule has 1 amide bonds. The van der Waals surface area contributed by atoms with Crippen LogP contribution in [0.15, 0.2) is 49.6 Å². The van der Waals surface area contributed by atoms with E-state index in [1.165, 1.54) is 5.56 Å². The van der Waals surface area contributed by atoms with Gasteiger partial charge in [0.2, 0.25) is 0 Å². The maximum atomic E-state index is 12.0. The van der Waals surface area contributed by atoms with Crippen molar-refractivity contribution in [3.63, 3.8) is 0 Å². The molecule has 1 aromatic carbocycles. The van der Waals surface area contributed by atoms with Gasteiger partial charge in [-0.2, -0.15) is 0 Å². The first-order chi connectivity index (χ1) is 9.58. The van der Waals surface area contributed by atoms with Crippen LogP contribution in [0.2, 0.25) is 0 Å². The van der Waals surface area contributed by atoms with Gasteiger partial charge in [0, 0.05) is 13.1 Å². The molecule has 20 heavy (non-hydrogen) atoms. The smallest absolute Gasteiger partial charge is 0.261 e. The Morgan fingerprint density at radius 2 is 1.75 bits per heavy atom. The predicted molar refractivity (Wildman–Crippen MR) is 83.0 cm³/mol. The van der Waals surface area contributed by atoms with E-state index in [0.29, 0.717) is 24.8 Å². The first kappa shape index (κ1) is 16.0. The maximum absolute atomic E-state index is 12.0. The second kappa shape index (κ2) is 8.20. The lowest BCUT2D eigenvalue weighted by atomic mass is 10.0. The minimum Gasteiger partial charge on any atom is -0.484 e. The van der Waals surface area contributed by atoms with E-state index in [9.17, 15) is 4.79 Å². The molecule has 0 aliphatic heterocycles. The highest BCUT2D eigenvalue weighted by Gasteiger charge is 2.11. The average molecular weight is 273 g/mol. The van der Waals surface area contributed by atoms with Gasteiger partial charge in [-0.1, -0.05) is 38.1 Å². The highest BCUT2D eigenvalue weighted by molar-refractivity contribution is 5.78. The zero-order chi connectivity index (χ0) is 15.0. The van der Waals surface area contributed by atoms with Crippen LogP contribution in [0.25, 0.3) is 0 Å². The van der Waals surface area contributed by atoms with Crippen molar-refractivity contribution in [2.75, 3.05) is 19.7 Å². The lowest BCUT2D eigenvalue weighted by Crippen LogP contribution is -2.35. The van der Waals surface area contributed by atoms with Crippen LogP contribution in [0.1, 0.15) is 25.3 Å². The maximum Gasteiger partial charge on any atom is 0.261 e. The lowest BCUT2D eigenvalue weighted by Gasteiger charge is -2.19. The van der Waals surface area contributed by atoms with Crippen molar-refractivity contribution in [2.45, 2.75) is 19.8 Å². The summed E-state index contributed by atoms with van der Waals surface area (Å²) in [5.74, 6) is 1.12. The van der Waals surface area contributed by atoms with Crippen molar-refractivity contribution in [1.29, 1.82) is 0 Å². The Hall–Kier alpha value is -2.03. The minimum atomic E-state index is -0.0715. The molecular formula is C17H23NO2. The molecule has 0 bridgehead atoms. The molecule has 108 valence electrons. The molecule has 0 saturated carbocycles. The molecule has 0 atom stereocenters. The SMILES string of the molecule is C=CCN(CC=C)C(=O)COc1ccc(C(C)C)cc1. The Labute approximate surface area is 121 Å². The van der Waals surface area contributed by atoms with Crippen LogP contribution in [0.3, 0.4) is 0 Å². The van der Waals surface area contributed by atoms with Gasteiger partial charge < -0.3 is 9.64 Å². The van der Waals surface area contributed by atoms with Crippen LogP contribution in [0.5, 0.6) is 5.75 Å². The normalized spacial score (nSPS) is 10.2. The van der Waals surface area contributed by atoms with Crippen molar-refractivity contribution in [1.82, 2.24) is 4.90 Å². The van der Waals surface area contributed by atoms with E-state index >= 15 is 0 Å². The van der Waals surface area contributed by atoms with Gasteiger partial charge in [0.1, 0.15) is 5.75 Å². The summed E-state index contributed by atoms with van der Waals surface area (Å²) in [6.45, 7) is 12.6. The van der Waals surface area contributed by atoms with Gasteiger partial charge in [-0.25, -0.2) is 0 Å². The number of hydrogen-bond acceptors (Lipinski definition) is 2. The zero-order valence-corrected chi connectivity index (χ0v) is 12.3. The van der Waals surface area contributed by atoms with E-state index in [-0.39, 0.29) is 12.5 Å². The molecule has 0 N–H and O–H groups in total. The summed E-state index contributed by atoms with van der Waals surface area (Å²) in [5.41, 5.74) is 1.25. The molecule has 0 heterocycles. The summed E-state index contributed by atoms with van der Waals surface area (Å²) < 4.78 is 5.52. The number of hydrogen-bond donors (Lipinski definition) is 0. The van der Waals surface area contributed by atoms with Gasteiger partial charge in [0.25, 0.3) is 5.91 Å². The summed E-state index contributed by atoms with van der Waals surface area (Å²) in [6.07, 6.45) is 3.39. The molecule has 0 aliphatic carbocycles. The number of amides is 1. The second-order valence-corrected chi connectivity index (χ2v) is 4.89. The molecule has 0 fully saturated rings. The summed E-state index contributed by atoms with van der Waals surface area (Å²) in [5, 5.41) is 0. The Kier molecular flexibility index (Phi) is 6.57. The highest BCUT2D eigenvalue weighted by atomic mass is 16.5. The standard InChI is InChI=1S/C17H23NO2/c1-5-11-18(12-6-2)17(19)13-20-16-9-7-15(8-10-16)14(3)4/h5-10,14H,1-2,11-13H2,3-4H3. The lowest BCUT2D eigenvalue weighted by molar-refractivity contribution is -0.132. The second-order valence-electron chi connectivity index (χ2n) is 4.89. The number of carbonyl (C=O) groups excluding carboxylic acids is 1. The molecule has 1 aromatic rings. The molecule has 0 unspecified atom stereocenters. The third-order valence-electron chi connectivity index (χ3n) is 2.96. The molecule has 0 spiro atoms. The molecular weight excluding hydrogens is 250 g/mol. The van der Waals surface area contributed by atoms with Crippen LogP contribution in [-0.2, 0) is 4.79 Å². The summed E-state index contributed by atoms with van der Waals surface area (Å²) in [6, 6.07) is 7.84. The monoisotopic (exact) mass is 273 g/mol. The minimum absolute atomic E-state index is 0.0305. The molecule has 3 nitrogen and oxygen atoms in total. The van der Waals surface area contributed by atoms with Gasteiger partial charge in [0.05, 0.1) is 0 Å². The zero-order valence-electron chi connectivity index (χ0n) is 12.3. The van der Waals surface area contributed by atoms with Crippen molar-refractivity contribution in [3.8, 4) is 5.75 Å². The third-order valence-corrected chi connectivity index (χ3v) is 2.96. The summed E-state index contributed by atoms with van der Waals surface area (Å²) >= 11 is 0. The van der Waals surface area contributed by atoms with E-state index in [1.807, 2.05) is 24.3 Å². The number of benzene rings is 1. The van der Waals surface area contributed by atoms with Crippen LogP contribution in [0, 0.1) is 0 Å². The number of carbonyl (C=O) groups is 1. The highest BCUT2D eigenvalue weighted by Crippen LogP contribution is 2.18. The van der Waals surface area contributed by atoms with Crippen molar-refractivity contribution in [3.05, 3.63) is 55.1 Å². The van der Waals surface area contributed by atoms with Gasteiger partial charge >= 0.3 is 0 Å². The Morgan fingerprint density at radius 3 is 2.20 bits per heavy atom. The predicted octanol–water partition coefficient (Wildman–Crippen LogP) is 3.39. The quantitative estimate of drug-likeness (QED) is 0.679. The molecule has 3 heteroatoms. The fourth-order valence-electron chi connectivity index (χ4n) is 1.78. The largest absolute Gasteiger partial charge is 0.484 e. The molecule has 1 rings (SSSR count). The van der Waals surface area contributed by atoms with Crippen LogP contribution in [-0.4, -0.2) is 30.5 Å². The van der Waals surface area contributed by atoms with Crippen molar-refractivity contribution < 1.29 is 9.53 Å². The van der Waals surface area contributed by atoms with E-state index in [0.717, 1.165) is 0 Å². The Morgan fingerprint density at radius 1 is 1.20 bits per heavy atom. The van der Waals surface area contributed by atoms with Gasteiger partial charge in [0.15, 0.2) is 6.61 Å². The van der Waals surface area contributed by atoms with Crippen molar-refractivity contribution >= 4 is 5.91 Å². The van der Waals surface area contributed by atoms with Gasteiger partial charge in [-0.3, -0.25) is 4.79 Å². The number of nitrogens with zero attached hydrogens (tertiary/aromatic N) is 1. The van der Waals surface area contributed by atoms with Gasteiger partial charge in [-0.15, -0.1) is 13.2 Å². The topological polar surface area (TPSA) is 29.5 Å². The average Bonchev–Trinajstić information content (AvgIpc) is 2.45. The summed E-state index contributed by atoms with van der Waals surface area (Å²) in [7, 11) is 0. The first-order valence-corrected chi connectivity index (χ1v) is 6.80. The first-order valence-electron chi connectivity index (χ1n) is 6.80. The van der Waals surface area contributed by atoms with Crippen LogP contribution >= 0.6 is 0 Å². The molecule has 0 radical (unpaired) electrons. The molecule has 0 aromatic heterocycles. The van der Waals surface area contributed by atoms with Gasteiger partial charge in [-0.05, 0) is 23.6 Å². The summed E-state index contributed by atoms with van der Waals surface area (Å²) in [4.78, 5) is 13.6. The Balaban J connectivity index is 2.54. The Bertz CT molecular complexity index is 439. The fourth-order valence-corrected chi connectivity index (χ4v) is 1.78. The number of rotatable bonds is 8. The van der Waals surface area contributed by atoms with E-state index < -0.39 is 0 Å². The van der Waals surface area contributed by atoms with Crippen molar-refractivity contribution in [2.24, 2.45) is 0 Å². The number of ether oxygens (including phenoxy) is 1. The molecule has 0 saturated heterocycles. The fraction of sp³-hybridized carbons (Fsp3) is 0.353. The van der Waals surface area contributed by atoms with E-state index in [4.69, 9.17) is 4.74 Å².